The lowest BCUT2D eigenvalue weighted by Crippen LogP contribution is -2.05. The summed E-state index contributed by atoms with van der Waals surface area (Å²) < 4.78 is 17.9. The monoisotopic (exact) mass is 466 g/mol. The van der Waals surface area contributed by atoms with Gasteiger partial charge < -0.3 is 0 Å². The average molecular weight is 467 g/mol. The van der Waals surface area contributed by atoms with Gasteiger partial charge in [0, 0.05) is 39.1 Å². The molecule has 0 aliphatic carbocycles. The van der Waals surface area contributed by atoms with Gasteiger partial charge in [0.2, 0.25) is 0 Å². The molecule has 29 heavy (non-hydrogen) atoms. The highest BCUT2D eigenvalue weighted by Crippen LogP contribution is 2.18. The number of aromatic nitrogens is 1. The van der Waals surface area contributed by atoms with Gasteiger partial charge in [-0.1, -0.05) is 30.0 Å². The maximum atomic E-state index is 13.0. The number of hydrogen-bond acceptors (Lipinski definition) is 3. The molecule has 1 aromatic heterocycles. The Labute approximate surface area is 179 Å². The van der Waals surface area contributed by atoms with Crippen LogP contribution in [0, 0.1) is 25.7 Å². The molecule has 1 heterocycles. The first kappa shape index (κ1) is 21.0. The molecule has 146 valence electrons. The van der Waals surface area contributed by atoms with E-state index in [4.69, 9.17) is 0 Å². The van der Waals surface area contributed by atoms with E-state index in [9.17, 15) is 9.00 Å². The zero-order valence-electron chi connectivity index (χ0n) is 16.3. The highest BCUT2D eigenvalue weighted by atomic mass is 79.9. The van der Waals surface area contributed by atoms with Crippen LogP contribution in [0.15, 0.2) is 74.7 Å². The topological polar surface area (TPSA) is 59.4 Å². The summed E-state index contributed by atoms with van der Waals surface area (Å²) in [6.07, 6.45) is 4.46. The molecule has 0 N–H and O–H groups in total. The quantitative estimate of drug-likeness (QED) is 0.490. The van der Waals surface area contributed by atoms with E-state index in [0.717, 1.165) is 21.2 Å². The molecule has 0 radical (unpaired) electrons. The molecule has 0 aliphatic rings. The molecule has 1 atom stereocenters. The second-order valence-corrected chi connectivity index (χ2v) is 9.75. The lowest BCUT2D eigenvalue weighted by Gasteiger charge is -2.07. The number of hydrogen-bond donors (Lipinski definition) is 0. The van der Waals surface area contributed by atoms with Gasteiger partial charge in [0.25, 0.3) is 5.91 Å². The van der Waals surface area contributed by atoms with E-state index < -0.39 is 15.6 Å². The Kier molecular flexibility index (Phi) is 6.31. The Balaban J connectivity index is 1.91. The molecule has 3 rings (SSSR count). The molecular weight excluding hydrogens is 448 g/mol. The van der Waals surface area contributed by atoms with Crippen LogP contribution in [0.2, 0.25) is 0 Å². The van der Waals surface area contributed by atoms with Crippen LogP contribution in [0.5, 0.6) is 0 Å². The summed E-state index contributed by atoms with van der Waals surface area (Å²) in [6, 6.07) is 14.7. The third kappa shape index (κ3) is 5.20. The molecule has 0 aliphatic heterocycles. The molecule has 0 saturated heterocycles. The number of halogens is 1. The van der Waals surface area contributed by atoms with E-state index in [1.54, 1.807) is 18.3 Å². The van der Waals surface area contributed by atoms with Crippen molar-refractivity contribution in [2.24, 2.45) is 4.36 Å². The summed E-state index contributed by atoms with van der Waals surface area (Å²) in [6.45, 7) is 3.92. The van der Waals surface area contributed by atoms with Crippen LogP contribution in [0.3, 0.4) is 0 Å². The number of rotatable bonds is 2. The Morgan fingerprint density at radius 3 is 2.52 bits per heavy atom. The number of amides is 1. The van der Waals surface area contributed by atoms with Gasteiger partial charge in [-0.2, -0.15) is 4.36 Å². The van der Waals surface area contributed by atoms with E-state index >= 15 is 0 Å². The predicted molar refractivity (Wildman–Crippen MR) is 119 cm³/mol. The van der Waals surface area contributed by atoms with Crippen molar-refractivity contribution in [1.82, 2.24) is 4.98 Å². The third-order valence-electron chi connectivity index (χ3n) is 4.37. The van der Waals surface area contributed by atoms with E-state index in [2.05, 4.69) is 37.1 Å². The zero-order chi connectivity index (χ0) is 21.0. The minimum absolute atomic E-state index is 0.252. The summed E-state index contributed by atoms with van der Waals surface area (Å²) in [5, 5.41) is 0. The fraction of sp³-hybridized carbons (Fsp3) is 0.130. The third-order valence-corrected chi connectivity index (χ3v) is 6.71. The molecule has 4 nitrogen and oxygen atoms in total. The van der Waals surface area contributed by atoms with Gasteiger partial charge in [0.15, 0.2) is 0 Å². The minimum Gasteiger partial charge on any atom is -0.266 e. The highest BCUT2D eigenvalue weighted by molar-refractivity contribution is 9.10. The van der Waals surface area contributed by atoms with Crippen LogP contribution in [0.4, 0.5) is 0 Å². The van der Waals surface area contributed by atoms with Gasteiger partial charge in [-0.25, -0.2) is 4.21 Å². The Bertz CT molecular complexity index is 1280. The fourth-order valence-electron chi connectivity index (χ4n) is 2.54. The first-order valence-corrected chi connectivity index (χ1v) is 11.5. The molecule has 6 heteroatoms. The Morgan fingerprint density at radius 2 is 1.79 bits per heavy atom. The number of benzene rings is 2. The van der Waals surface area contributed by atoms with Crippen LogP contribution in [0.25, 0.3) is 0 Å². The number of pyridine rings is 1. The summed E-state index contributed by atoms with van der Waals surface area (Å²) >= 11 is 3.45. The van der Waals surface area contributed by atoms with Crippen LogP contribution in [-0.4, -0.2) is 21.4 Å². The van der Waals surface area contributed by atoms with Crippen molar-refractivity contribution >= 4 is 31.6 Å². The highest BCUT2D eigenvalue weighted by Gasteiger charge is 2.13. The summed E-state index contributed by atoms with van der Waals surface area (Å²) in [5.74, 6) is 5.47. The fourth-order valence-corrected chi connectivity index (χ4v) is 4.17. The van der Waals surface area contributed by atoms with Crippen LogP contribution >= 0.6 is 15.9 Å². The van der Waals surface area contributed by atoms with E-state index in [-0.39, 0.29) is 5.56 Å². The van der Waals surface area contributed by atoms with Gasteiger partial charge in [-0.15, -0.1) is 0 Å². The summed E-state index contributed by atoms with van der Waals surface area (Å²) in [4.78, 5) is 17.2. The Hall–Kier alpha value is -2.75. The first-order chi connectivity index (χ1) is 13.8. The standard InChI is InChI=1S/C23H19BrN2O2S/c1-16-8-11-21(12-17(16)2)29(3,28)26-23(27)20-13-18(14-25-15-20)9-10-19-6-4-5-7-22(19)24/h4-8,11-15H,1-3H3. The number of nitrogens with zero attached hydrogens (tertiary/aromatic N) is 2. The van der Waals surface area contributed by atoms with Crippen molar-refractivity contribution in [3.63, 3.8) is 0 Å². The smallest absolute Gasteiger partial charge is 0.266 e. The predicted octanol–water partition coefficient (Wildman–Crippen LogP) is 5.16. The SMILES string of the molecule is Cc1ccc(S(C)(=O)=NC(=O)c2cncc(C#Cc3ccccc3Br)c2)cc1C. The maximum absolute atomic E-state index is 13.0. The number of aryl methyl sites for hydroxylation is 2. The normalized spacial score (nSPS) is 12.4. The van der Waals surface area contributed by atoms with Gasteiger partial charge in [-0.05, 0) is 71.2 Å². The molecule has 0 spiro atoms. The van der Waals surface area contributed by atoms with Crippen molar-refractivity contribution in [3.05, 3.63) is 93.2 Å². The van der Waals surface area contributed by atoms with Crippen molar-refractivity contribution in [3.8, 4) is 11.8 Å². The van der Waals surface area contributed by atoms with Gasteiger partial charge in [-0.3, -0.25) is 9.78 Å². The average Bonchev–Trinajstić information content (AvgIpc) is 2.69. The van der Waals surface area contributed by atoms with Crippen LogP contribution in [0.1, 0.15) is 32.6 Å². The molecule has 0 bridgehead atoms. The molecular formula is C23H19BrN2O2S. The van der Waals surface area contributed by atoms with Crippen molar-refractivity contribution in [1.29, 1.82) is 0 Å². The minimum atomic E-state index is -2.87. The molecule has 0 saturated carbocycles. The number of carbonyl (C=O) groups excluding carboxylic acids is 1. The molecule has 1 amide bonds. The summed E-state index contributed by atoms with van der Waals surface area (Å²) in [5.41, 5.74) is 3.76. The molecule has 1 unspecified atom stereocenters. The van der Waals surface area contributed by atoms with Gasteiger partial charge >= 0.3 is 0 Å². The lowest BCUT2D eigenvalue weighted by atomic mass is 10.1. The Morgan fingerprint density at radius 1 is 1.03 bits per heavy atom. The summed E-state index contributed by atoms with van der Waals surface area (Å²) in [7, 11) is -2.87. The van der Waals surface area contributed by atoms with E-state index in [1.165, 1.54) is 12.5 Å². The van der Waals surface area contributed by atoms with E-state index in [0.29, 0.717) is 10.5 Å². The zero-order valence-corrected chi connectivity index (χ0v) is 18.7. The van der Waals surface area contributed by atoms with Gasteiger partial charge in [0.1, 0.15) is 0 Å². The second-order valence-electron chi connectivity index (χ2n) is 6.64. The van der Waals surface area contributed by atoms with Crippen LogP contribution < -0.4 is 0 Å². The molecule has 2 aromatic carbocycles. The number of carbonyl (C=O) groups is 1. The van der Waals surface area contributed by atoms with Crippen molar-refractivity contribution < 1.29 is 9.00 Å². The molecule has 3 aromatic rings. The van der Waals surface area contributed by atoms with Crippen molar-refractivity contribution in [2.75, 3.05) is 6.26 Å². The first-order valence-electron chi connectivity index (χ1n) is 8.81. The second kappa shape index (κ2) is 8.73. The van der Waals surface area contributed by atoms with Crippen LogP contribution in [-0.2, 0) is 9.73 Å². The van der Waals surface area contributed by atoms with Crippen molar-refractivity contribution in [2.45, 2.75) is 18.7 Å². The largest absolute Gasteiger partial charge is 0.286 e. The lowest BCUT2D eigenvalue weighted by molar-refractivity contribution is 0.100. The maximum Gasteiger partial charge on any atom is 0.286 e. The van der Waals surface area contributed by atoms with E-state index in [1.807, 2.05) is 50.2 Å². The molecule has 0 fully saturated rings. The van der Waals surface area contributed by atoms with Gasteiger partial charge in [0.05, 0.1) is 15.3 Å².